The molecule has 0 atom stereocenters. The van der Waals surface area contributed by atoms with Gasteiger partial charge in [-0.3, -0.25) is 0 Å². The number of rotatable bonds is 1. The maximum atomic E-state index is 6.17. The monoisotopic (exact) mass is 223 g/mol. The number of benzene rings is 1. The van der Waals surface area contributed by atoms with Crippen LogP contribution in [0.2, 0.25) is 0 Å². The van der Waals surface area contributed by atoms with Crippen LogP contribution in [-0.4, -0.2) is 5.17 Å². The molecule has 0 aliphatic carbocycles. The molecule has 0 saturated carbocycles. The first kappa shape index (κ1) is 12.3. The molecular formula is C13H18ClN. The molecule has 0 spiro atoms. The quantitative estimate of drug-likeness (QED) is 0.617. The lowest BCUT2D eigenvalue weighted by Gasteiger charge is -2.16. The van der Waals surface area contributed by atoms with Crippen molar-refractivity contribution in [3.63, 3.8) is 0 Å². The van der Waals surface area contributed by atoms with E-state index in [9.17, 15) is 0 Å². The first-order valence-corrected chi connectivity index (χ1v) is 5.51. The molecule has 0 N–H and O–H groups in total. The summed E-state index contributed by atoms with van der Waals surface area (Å²) in [6.45, 7) is 10.3. The van der Waals surface area contributed by atoms with E-state index >= 15 is 0 Å². The SMILES string of the molecule is Cc1cccc(N=C(Cl)C(C)(C)C)c1C. The third-order valence-corrected chi connectivity index (χ3v) is 3.06. The van der Waals surface area contributed by atoms with E-state index in [4.69, 9.17) is 11.6 Å². The van der Waals surface area contributed by atoms with E-state index in [0.29, 0.717) is 5.17 Å². The van der Waals surface area contributed by atoms with Crippen molar-refractivity contribution in [1.29, 1.82) is 0 Å². The van der Waals surface area contributed by atoms with E-state index in [-0.39, 0.29) is 5.41 Å². The molecule has 2 heteroatoms. The van der Waals surface area contributed by atoms with Crippen molar-refractivity contribution in [2.24, 2.45) is 10.4 Å². The van der Waals surface area contributed by atoms with Crippen molar-refractivity contribution in [3.05, 3.63) is 29.3 Å². The molecule has 0 amide bonds. The van der Waals surface area contributed by atoms with E-state index in [2.05, 4.69) is 45.7 Å². The molecule has 1 aromatic carbocycles. The average molecular weight is 224 g/mol. The van der Waals surface area contributed by atoms with Gasteiger partial charge in [0.05, 0.1) is 5.69 Å². The summed E-state index contributed by atoms with van der Waals surface area (Å²) in [6, 6.07) is 6.09. The van der Waals surface area contributed by atoms with Gasteiger partial charge in [0.2, 0.25) is 0 Å². The molecule has 82 valence electrons. The normalized spacial score (nSPS) is 13.1. The van der Waals surface area contributed by atoms with Crippen molar-refractivity contribution >= 4 is 22.5 Å². The number of hydrogen-bond donors (Lipinski definition) is 0. The minimum absolute atomic E-state index is 0.0856. The van der Waals surface area contributed by atoms with Gasteiger partial charge in [-0.1, -0.05) is 44.5 Å². The second-order valence-electron chi connectivity index (χ2n) is 4.87. The lowest BCUT2D eigenvalue weighted by Crippen LogP contribution is -2.14. The largest absolute Gasteiger partial charge is 0.240 e. The van der Waals surface area contributed by atoms with Gasteiger partial charge in [-0.25, -0.2) is 4.99 Å². The van der Waals surface area contributed by atoms with Crippen molar-refractivity contribution in [1.82, 2.24) is 0 Å². The number of halogens is 1. The number of aryl methyl sites for hydroxylation is 1. The molecule has 15 heavy (non-hydrogen) atoms. The number of hydrogen-bond acceptors (Lipinski definition) is 1. The second-order valence-corrected chi connectivity index (χ2v) is 5.23. The van der Waals surface area contributed by atoms with Crippen LogP contribution in [0.4, 0.5) is 5.69 Å². The van der Waals surface area contributed by atoms with Crippen LogP contribution in [0.15, 0.2) is 23.2 Å². The lowest BCUT2D eigenvalue weighted by atomic mass is 9.98. The summed E-state index contributed by atoms with van der Waals surface area (Å²) in [6.07, 6.45) is 0. The summed E-state index contributed by atoms with van der Waals surface area (Å²) in [5.41, 5.74) is 3.32. The molecule has 0 aromatic heterocycles. The van der Waals surface area contributed by atoms with Crippen molar-refractivity contribution in [3.8, 4) is 0 Å². The van der Waals surface area contributed by atoms with E-state index < -0.39 is 0 Å². The first-order chi connectivity index (χ1) is 6.82. The van der Waals surface area contributed by atoms with Crippen LogP contribution in [0.1, 0.15) is 31.9 Å². The van der Waals surface area contributed by atoms with E-state index in [0.717, 1.165) is 5.69 Å². The summed E-state index contributed by atoms with van der Waals surface area (Å²) in [5, 5.41) is 0.649. The highest BCUT2D eigenvalue weighted by atomic mass is 35.5. The summed E-state index contributed by atoms with van der Waals surface area (Å²) in [4.78, 5) is 4.47. The molecule has 1 aromatic rings. The highest BCUT2D eigenvalue weighted by Crippen LogP contribution is 2.26. The van der Waals surface area contributed by atoms with Crippen LogP contribution < -0.4 is 0 Å². The zero-order valence-corrected chi connectivity index (χ0v) is 10.8. The van der Waals surface area contributed by atoms with Crippen molar-refractivity contribution in [2.45, 2.75) is 34.6 Å². The third-order valence-electron chi connectivity index (χ3n) is 2.41. The maximum Gasteiger partial charge on any atom is 0.112 e. The lowest BCUT2D eigenvalue weighted by molar-refractivity contribution is 0.601. The molecule has 0 aliphatic rings. The summed E-state index contributed by atoms with van der Waals surface area (Å²) in [7, 11) is 0. The Morgan fingerprint density at radius 3 is 2.33 bits per heavy atom. The minimum atomic E-state index is -0.0856. The molecule has 0 heterocycles. The zero-order chi connectivity index (χ0) is 11.6. The highest BCUT2D eigenvalue weighted by Gasteiger charge is 2.16. The molecule has 0 bridgehead atoms. The van der Waals surface area contributed by atoms with Crippen LogP contribution in [0.3, 0.4) is 0 Å². The van der Waals surface area contributed by atoms with Gasteiger partial charge in [-0.15, -0.1) is 0 Å². The Bertz CT molecular complexity index is 386. The Morgan fingerprint density at radius 2 is 1.80 bits per heavy atom. The van der Waals surface area contributed by atoms with Crippen LogP contribution in [-0.2, 0) is 0 Å². The Labute approximate surface area is 97.2 Å². The van der Waals surface area contributed by atoms with Crippen LogP contribution in [0.5, 0.6) is 0 Å². The van der Waals surface area contributed by atoms with Crippen molar-refractivity contribution < 1.29 is 0 Å². The van der Waals surface area contributed by atoms with E-state index in [1.54, 1.807) is 0 Å². The molecule has 0 radical (unpaired) electrons. The fraction of sp³-hybridized carbons (Fsp3) is 0.462. The van der Waals surface area contributed by atoms with Crippen LogP contribution in [0.25, 0.3) is 0 Å². The fourth-order valence-corrected chi connectivity index (χ4v) is 1.22. The van der Waals surface area contributed by atoms with Crippen LogP contribution >= 0.6 is 11.6 Å². The molecule has 0 saturated heterocycles. The molecule has 1 rings (SSSR count). The Morgan fingerprint density at radius 1 is 1.20 bits per heavy atom. The third kappa shape index (κ3) is 3.07. The van der Waals surface area contributed by atoms with Crippen molar-refractivity contribution in [2.75, 3.05) is 0 Å². The predicted molar refractivity (Wildman–Crippen MR) is 68.3 cm³/mol. The van der Waals surface area contributed by atoms with Gasteiger partial charge >= 0.3 is 0 Å². The summed E-state index contributed by atoms with van der Waals surface area (Å²) < 4.78 is 0. The average Bonchev–Trinajstić information content (AvgIpc) is 2.11. The first-order valence-electron chi connectivity index (χ1n) is 5.13. The van der Waals surface area contributed by atoms with Gasteiger partial charge in [-0.2, -0.15) is 0 Å². The van der Waals surface area contributed by atoms with Gasteiger partial charge in [0.1, 0.15) is 5.17 Å². The summed E-state index contributed by atoms with van der Waals surface area (Å²) >= 11 is 6.17. The number of nitrogens with zero attached hydrogens (tertiary/aromatic N) is 1. The standard InChI is InChI=1S/C13H18ClN/c1-9-7-6-8-11(10(9)2)15-12(14)13(3,4)5/h6-8H,1-5H3. The van der Waals surface area contributed by atoms with Gasteiger partial charge < -0.3 is 0 Å². The topological polar surface area (TPSA) is 12.4 Å². The van der Waals surface area contributed by atoms with Gasteiger partial charge in [-0.05, 0) is 31.0 Å². The van der Waals surface area contributed by atoms with Gasteiger partial charge in [0.25, 0.3) is 0 Å². The molecule has 0 unspecified atom stereocenters. The Hall–Kier alpha value is -0.820. The predicted octanol–water partition coefficient (Wildman–Crippen LogP) is 4.62. The van der Waals surface area contributed by atoms with Gasteiger partial charge in [0.15, 0.2) is 0 Å². The smallest absolute Gasteiger partial charge is 0.112 e. The van der Waals surface area contributed by atoms with E-state index in [1.807, 2.05) is 12.1 Å². The second kappa shape index (κ2) is 4.36. The zero-order valence-electron chi connectivity index (χ0n) is 10.1. The number of aliphatic imine (C=N–C) groups is 1. The minimum Gasteiger partial charge on any atom is -0.240 e. The van der Waals surface area contributed by atoms with Crippen LogP contribution in [0, 0.1) is 19.3 Å². The molecular weight excluding hydrogens is 206 g/mol. The summed E-state index contributed by atoms with van der Waals surface area (Å²) in [5.74, 6) is 0. The van der Waals surface area contributed by atoms with E-state index in [1.165, 1.54) is 11.1 Å². The fourth-order valence-electron chi connectivity index (χ4n) is 1.13. The molecule has 1 nitrogen and oxygen atoms in total. The highest BCUT2D eigenvalue weighted by molar-refractivity contribution is 6.66. The molecule has 0 aliphatic heterocycles. The Kier molecular flexibility index (Phi) is 3.56. The van der Waals surface area contributed by atoms with Gasteiger partial charge in [0, 0.05) is 5.41 Å². The Balaban J connectivity index is 3.15. The maximum absolute atomic E-state index is 6.17. The molecule has 0 fully saturated rings.